The van der Waals surface area contributed by atoms with E-state index in [9.17, 15) is 0 Å². The van der Waals surface area contributed by atoms with Gasteiger partial charge in [0.05, 0.1) is 11.0 Å². The van der Waals surface area contributed by atoms with Gasteiger partial charge in [-0.25, -0.2) is 0 Å². The van der Waals surface area contributed by atoms with E-state index in [0.29, 0.717) is 0 Å². The molecule has 1 aromatic heterocycles. The molecule has 124 valence electrons. The van der Waals surface area contributed by atoms with E-state index in [2.05, 4.69) is 95.6 Å². The zero-order valence-electron chi connectivity index (χ0n) is 14.6. The van der Waals surface area contributed by atoms with Crippen LogP contribution in [0.15, 0.2) is 91.0 Å². The first-order valence-corrected chi connectivity index (χ1v) is 9.39. The van der Waals surface area contributed by atoms with Crippen LogP contribution in [0.2, 0.25) is 0 Å². The van der Waals surface area contributed by atoms with E-state index in [1.54, 1.807) is 0 Å². The molecule has 0 bridgehead atoms. The first-order chi connectivity index (χ1) is 13.4. The highest BCUT2D eigenvalue weighted by Gasteiger charge is 2.21. The molecule has 27 heavy (non-hydrogen) atoms. The highest BCUT2D eigenvalue weighted by molar-refractivity contribution is 6.40. The fourth-order valence-electron chi connectivity index (χ4n) is 5.05. The maximum absolute atomic E-state index is 2.42. The molecule has 1 heterocycles. The monoisotopic (exact) mass is 341 g/mol. The third-order valence-electron chi connectivity index (χ3n) is 6.08. The Morgan fingerprint density at radius 1 is 0.407 bits per heavy atom. The van der Waals surface area contributed by atoms with Crippen molar-refractivity contribution in [2.45, 2.75) is 0 Å². The third kappa shape index (κ3) is 1.52. The summed E-state index contributed by atoms with van der Waals surface area (Å²) in [5, 5.41) is 10.9. The van der Waals surface area contributed by atoms with E-state index in [1.807, 2.05) is 0 Å². The van der Waals surface area contributed by atoms with E-state index < -0.39 is 0 Å². The molecule has 7 rings (SSSR count). The van der Waals surface area contributed by atoms with Crippen LogP contribution < -0.4 is 0 Å². The van der Waals surface area contributed by atoms with Gasteiger partial charge in [-0.15, -0.1) is 0 Å². The van der Waals surface area contributed by atoms with Crippen molar-refractivity contribution in [3.8, 4) is 5.69 Å². The molecule has 0 spiro atoms. The van der Waals surface area contributed by atoms with Crippen LogP contribution in [0.1, 0.15) is 0 Å². The number of fused-ring (bicyclic) bond motifs is 1. The van der Waals surface area contributed by atoms with Gasteiger partial charge in [-0.1, -0.05) is 66.7 Å². The van der Waals surface area contributed by atoms with Crippen molar-refractivity contribution < 1.29 is 0 Å². The number of para-hydroxylation sites is 1. The summed E-state index contributed by atoms with van der Waals surface area (Å²) in [4.78, 5) is 0. The second kappa shape index (κ2) is 4.57. The van der Waals surface area contributed by atoms with Gasteiger partial charge in [-0.3, -0.25) is 0 Å². The lowest BCUT2D eigenvalue weighted by molar-refractivity contribution is 1.18. The molecule has 0 amide bonds. The van der Waals surface area contributed by atoms with Crippen LogP contribution in [-0.4, -0.2) is 4.57 Å². The highest BCUT2D eigenvalue weighted by Crippen LogP contribution is 2.46. The normalized spacial score (nSPS) is 12.4. The summed E-state index contributed by atoms with van der Waals surface area (Å²) in [6.07, 6.45) is 0. The van der Waals surface area contributed by atoms with Crippen LogP contribution in [0, 0.1) is 0 Å². The Kier molecular flexibility index (Phi) is 2.30. The fraction of sp³-hybridized carbons (Fsp3) is 0. The quantitative estimate of drug-likeness (QED) is 0.221. The van der Waals surface area contributed by atoms with Crippen molar-refractivity contribution in [1.82, 2.24) is 4.57 Å². The van der Waals surface area contributed by atoms with Gasteiger partial charge in [0, 0.05) is 16.5 Å². The molecule has 0 aliphatic heterocycles. The number of aromatic nitrogens is 1. The number of hydrogen-bond acceptors (Lipinski definition) is 0. The summed E-state index contributed by atoms with van der Waals surface area (Å²) in [6.45, 7) is 0. The van der Waals surface area contributed by atoms with E-state index in [0.717, 1.165) is 0 Å². The first-order valence-electron chi connectivity index (χ1n) is 9.39. The molecule has 0 unspecified atom stereocenters. The predicted octanol–water partition coefficient (Wildman–Crippen LogP) is 7.12. The van der Waals surface area contributed by atoms with Crippen molar-refractivity contribution in [2.24, 2.45) is 0 Å². The average molecular weight is 341 g/mol. The topological polar surface area (TPSA) is 4.93 Å². The van der Waals surface area contributed by atoms with Gasteiger partial charge in [0.1, 0.15) is 0 Å². The number of hydrogen-bond donors (Lipinski definition) is 0. The van der Waals surface area contributed by atoms with Gasteiger partial charge in [-0.2, -0.15) is 0 Å². The van der Waals surface area contributed by atoms with E-state index in [4.69, 9.17) is 0 Å². The van der Waals surface area contributed by atoms with Crippen LogP contribution >= 0.6 is 0 Å². The number of rotatable bonds is 1. The molecule has 0 aliphatic carbocycles. The molecule has 0 radical (unpaired) electrons. The summed E-state index contributed by atoms with van der Waals surface area (Å²) >= 11 is 0. The third-order valence-corrected chi connectivity index (χ3v) is 6.08. The summed E-state index contributed by atoms with van der Waals surface area (Å²) < 4.78 is 2.42. The molecule has 0 saturated carbocycles. The molecule has 0 saturated heterocycles. The lowest BCUT2D eigenvalue weighted by Crippen LogP contribution is -1.92. The smallest absolute Gasteiger partial charge is 0.0548 e. The summed E-state index contributed by atoms with van der Waals surface area (Å²) in [7, 11) is 0. The molecule has 1 heteroatoms. The van der Waals surface area contributed by atoms with Crippen LogP contribution in [0.3, 0.4) is 0 Å². The second-order valence-corrected chi connectivity index (χ2v) is 7.40. The Labute approximate surface area is 155 Å². The Balaban J connectivity index is 1.91. The Morgan fingerprint density at radius 2 is 0.963 bits per heavy atom. The largest absolute Gasteiger partial charge is 0.309 e. The van der Waals surface area contributed by atoms with Crippen molar-refractivity contribution in [1.29, 1.82) is 0 Å². The highest BCUT2D eigenvalue weighted by atomic mass is 15.0. The van der Waals surface area contributed by atoms with Gasteiger partial charge in [0.15, 0.2) is 0 Å². The number of benzene rings is 6. The van der Waals surface area contributed by atoms with Crippen molar-refractivity contribution >= 4 is 54.1 Å². The molecule has 7 aromatic rings. The Bertz CT molecular complexity index is 1500. The molecule has 1 nitrogen and oxygen atoms in total. The van der Waals surface area contributed by atoms with Crippen molar-refractivity contribution in [3.63, 3.8) is 0 Å². The second-order valence-electron chi connectivity index (χ2n) is 7.40. The summed E-state index contributed by atoms with van der Waals surface area (Å²) in [5.41, 5.74) is 3.80. The minimum absolute atomic E-state index is 1.22. The first kappa shape index (κ1) is 13.6. The van der Waals surface area contributed by atoms with Gasteiger partial charge >= 0.3 is 0 Å². The van der Waals surface area contributed by atoms with Gasteiger partial charge < -0.3 is 4.57 Å². The predicted molar refractivity (Wildman–Crippen MR) is 116 cm³/mol. The van der Waals surface area contributed by atoms with E-state index in [-0.39, 0.29) is 0 Å². The van der Waals surface area contributed by atoms with Crippen LogP contribution in [0.4, 0.5) is 0 Å². The summed E-state index contributed by atoms with van der Waals surface area (Å²) in [6, 6.07) is 33.2. The SMILES string of the molecule is c1ccc(-n2c3ccc4cccc5c6cccc7ccc2c(c76)c3c45)cc1. The van der Waals surface area contributed by atoms with Crippen LogP contribution in [-0.2, 0) is 0 Å². The van der Waals surface area contributed by atoms with Crippen molar-refractivity contribution in [3.05, 3.63) is 91.0 Å². The molecular weight excluding hydrogens is 326 g/mol. The van der Waals surface area contributed by atoms with Crippen LogP contribution in [0.5, 0.6) is 0 Å². The number of nitrogens with zero attached hydrogens (tertiary/aromatic N) is 1. The molecule has 0 N–H and O–H groups in total. The lowest BCUT2D eigenvalue weighted by Gasteiger charge is -2.12. The van der Waals surface area contributed by atoms with Gasteiger partial charge in [0.2, 0.25) is 0 Å². The molecule has 6 aromatic carbocycles. The standard InChI is InChI=1S/C26H15N/c1-2-8-18(9-3-1)27-21-14-12-16-6-4-10-19-20-11-5-7-17-13-15-22(27)26(24(17)20)25(21)23(16)19/h1-15H. The van der Waals surface area contributed by atoms with Crippen LogP contribution in [0.25, 0.3) is 59.8 Å². The molecule has 0 atom stereocenters. The molecular formula is C26H15N. The van der Waals surface area contributed by atoms with Gasteiger partial charge in [-0.05, 0) is 56.6 Å². The Hall–Kier alpha value is -3.58. The average Bonchev–Trinajstić information content (AvgIpc) is 3.08. The minimum Gasteiger partial charge on any atom is -0.309 e. The zero-order valence-corrected chi connectivity index (χ0v) is 14.6. The van der Waals surface area contributed by atoms with Gasteiger partial charge in [0.25, 0.3) is 0 Å². The molecule has 0 fully saturated rings. The molecule has 0 aliphatic rings. The zero-order chi connectivity index (χ0) is 17.5. The maximum Gasteiger partial charge on any atom is 0.0548 e. The fourth-order valence-corrected chi connectivity index (χ4v) is 5.05. The lowest BCUT2D eigenvalue weighted by atomic mass is 9.90. The maximum atomic E-state index is 2.42. The van der Waals surface area contributed by atoms with E-state index in [1.165, 1.54) is 59.8 Å². The minimum atomic E-state index is 1.22. The Morgan fingerprint density at radius 3 is 1.52 bits per heavy atom. The van der Waals surface area contributed by atoms with Crippen molar-refractivity contribution in [2.75, 3.05) is 0 Å². The summed E-state index contributed by atoms with van der Waals surface area (Å²) in [5.74, 6) is 0. The van der Waals surface area contributed by atoms with E-state index >= 15 is 0 Å².